The molecule has 0 saturated heterocycles. The second-order valence-corrected chi connectivity index (χ2v) is 5.38. The van der Waals surface area contributed by atoms with Gasteiger partial charge in [-0.3, -0.25) is 0 Å². The molecule has 1 aliphatic carbocycles. The van der Waals surface area contributed by atoms with Crippen LogP contribution in [0.15, 0.2) is 21.4 Å². The molecule has 0 atom stereocenters. The van der Waals surface area contributed by atoms with Crippen molar-refractivity contribution in [2.45, 2.75) is 24.9 Å². The number of aromatic nitrogens is 2. The number of halogens is 1. The Kier molecular flexibility index (Phi) is 2.48. The van der Waals surface area contributed by atoms with E-state index in [-0.39, 0.29) is 5.69 Å². The summed E-state index contributed by atoms with van der Waals surface area (Å²) in [5, 5.41) is 3.42. The van der Waals surface area contributed by atoms with Crippen molar-refractivity contribution in [1.82, 2.24) is 9.97 Å². The van der Waals surface area contributed by atoms with E-state index in [2.05, 4.69) is 31.2 Å². The zero-order valence-corrected chi connectivity index (χ0v) is 10.7. The average molecular weight is 297 g/mol. The Morgan fingerprint density at radius 1 is 1.29 bits per heavy atom. The molecule has 5 N–H and O–H groups in total. The van der Waals surface area contributed by atoms with Gasteiger partial charge < -0.3 is 21.0 Å². The molecular weight excluding hydrogens is 284 g/mol. The molecule has 0 spiro atoms. The van der Waals surface area contributed by atoms with Crippen LogP contribution in [0.25, 0.3) is 11.0 Å². The van der Waals surface area contributed by atoms with Crippen LogP contribution in [0.4, 0.5) is 5.69 Å². The van der Waals surface area contributed by atoms with Crippen molar-refractivity contribution in [2.75, 3.05) is 5.32 Å². The van der Waals surface area contributed by atoms with Gasteiger partial charge in [-0.2, -0.15) is 0 Å². The van der Waals surface area contributed by atoms with Gasteiger partial charge in [0.2, 0.25) is 0 Å². The highest BCUT2D eigenvalue weighted by Crippen LogP contribution is 2.30. The number of fused-ring (bicyclic) bond motifs is 1. The van der Waals surface area contributed by atoms with Crippen LogP contribution in [0.5, 0.6) is 0 Å². The van der Waals surface area contributed by atoms with E-state index in [0.29, 0.717) is 12.1 Å². The number of anilines is 1. The monoisotopic (exact) mass is 296 g/mol. The number of imidazole rings is 1. The van der Waals surface area contributed by atoms with Gasteiger partial charge in [0.1, 0.15) is 0 Å². The van der Waals surface area contributed by atoms with E-state index in [4.69, 9.17) is 5.73 Å². The van der Waals surface area contributed by atoms with Gasteiger partial charge in [0.25, 0.3) is 0 Å². The standard InChI is InChI=1S/C11H13BrN4O/c12-7-3-9-10(16-11(17)15-9)4-8(7)14-6-1-5(13)2-6/h3-6,14H,1-2,13H2,(H2,15,16,17). The summed E-state index contributed by atoms with van der Waals surface area (Å²) in [6.45, 7) is 0. The Balaban J connectivity index is 1.92. The molecule has 5 nitrogen and oxygen atoms in total. The molecule has 17 heavy (non-hydrogen) atoms. The topological polar surface area (TPSA) is 86.7 Å². The summed E-state index contributed by atoms with van der Waals surface area (Å²) < 4.78 is 0.945. The van der Waals surface area contributed by atoms with E-state index in [1.807, 2.05) is 12.1 Å². The average Bonchev–Trinajstić information content (AvgIpc) is 2.55. The highest BCUT2D eigenvalue weighted by atomic mass is 79.9. The highest BCUT2D eigenvalue weighted by Gasteiger charge is 2.26. The molecule has 1 aromatic carbocycles. The normalized spacial score (nSPS) is 23.6. The quantitative estimate of drug-likeness (QED) is 0.678. The van der Waals surface area contributed by atoms with Crippen molar-refractivity contribution in [1.29, 1.82) is 0 Å². The number of H-pyrrole nitrogens is 2. The Morgan fingerprint density at radius 3 is 2.59 bits per heavy atom. The Morgan fingerprint density at radius 2 is 1.94 bits per heavy atom. The van der Waals surface area contributed by atoms with E-state index >= 15 is 0 Å². The second-order valence-electron chi connectivity index (χ2n) is 4.53. The van der Waals surface area contributed by atoms with E-state index in [1.165, 1.54) is 0 Å². The van der Waals surface area contributed by atoms with Gasteiger partial charge >= 0.3 is 5.69 Å². The molecule has 90 valence electrons. The number of benzene rings is 1. The van der Waals surface area contributed by atoms with E-state index in [9.17, 15) is 4.79 Å². The lowest BCUT2D eigenvalue weighted by Gasteiger charge is -2.34. The lowest BCUT2D eigenvalue weighted by Crippen LogP contribution is -2.44. The van der Waals surface area contributed by atoms with Crippen molar-refractivity contribution >= 4 is 32.7 Å². The molecular formula is C11H13BrN4O. The highest BCUT2D eigenvalue weighted by molar-refractivity contribution is 9.10. The summed E-state index contributed by atoms with van der Waals surface area (Å²) in [5.74, 6) is 0. The molecule has 1 aliphatic rings. The van der Waals surface area contributed by atoms with Crippen LogP contribution in [0.2, 0.25) is 0 Å². The molecule has 1 fully saturated rings. The summed E-state index contributed by atoms with van der Waals surface area (Å²) in [6, 6.07) is 4.58. The molecule has 1 saturated carbocycles. The van der Waals surface area contributed by atoms with E-state index in [1.54, 1.807) is 0 Å². The summed E-state index contributed by atoms with van der Waals surface area (Å²) >= 11 is 3.49. The van der Waals surface area contributed by atoms with Gasteiger partial charge in [-0.05, 0) is 40.9 Å². The van der Waals surface area contributed by atoms with Crippen molar-refractivity contribution in [3.63, 3.8) is 0 Å². The Labute approximate surface area is 106 Å². The molecule has 3 rings (SSSR count). The number of hydrogen-bond acceptors (Lipinski definition) is 3. The second kappa shape index (κ2) is 3.89. The van der Waals surface area contributed by atoms with Crippen LogP contribution in [0.3, 0.4) is 0 Å². The van der Waals surface area contributed by atoms with Crippen LogP contribution in [-0.2, 0) is 0 Å². The maximum atomic E-state index is 11.2. The first-order valence-corrected chi connectivity index (χ1v) is 6.35. The number of nitrogens with one attached hydrogen (secondary N) is 3. The minimum absolute atomic E-state index is 0.185. The minimum Gasteiger partial charge on any atom is -0.381 e. The SMILES string of the molecule is NC1CC(Nc2cc3[nH]c(=O)[nH]c3cc2Br)C1. The van der Waals surface area contributed by atoms with E-state index in [0.717, 1.165) is 34.0 Å². The smallest absolute Gasteiger partial charge is 0.323 e. The first-order chi connectivity index (χ1) is 8.11. The molecule has 0 radical (unpaired) electrons. The van der Waals surface area contributed by atoms with Gasteiger partial charge in [-0.15, -0.1) is 0 Å². The third kappa shape index (κ3) is 1.98. The largest absolute Gasteiger partial charge is 0.381 e. The van der Waals surface area contributed by atoms with Crippen molar-refractivity contribution < 1.29 is 0 Å². The Hall–Kier alpha value is -1.27. The van der Waals surface area contributed by atoms with Crippen LogP contribution in [0.1, 0.15) is 12.8 Å². The third-order valence-electron chi connectivity index (χ3n) is 3.14. The molecule has 1 aromatic heterocycles. The van der Waals surface area contributed by atoms with Crippen LogP contribution >= 0.6 is 15.9 Å². The fraction of sp³-hybridized carbons (Fsp3) is 0.364. The predicted octanol–water partition coefficient (Wildman–Crippen LogP) is 1.52. The number of nitrogens with two attached hydrogens (primary N) is 1. The molecule has 2 aromatic rings. The summed E-state index contributed by atoms with van der Waals surface area (Å²) in [7, 11) is 0. The zero-order chi connectivity index (χ0) is 12.0. The van der Waals surface area contributed by atoms with E-state index < -0.39 is 0 Å². The predicted molar refractivity (Wildman–Crippen MR) is 71.2 cm³/mol. The number of rotatable bonds is 2. The fourth-order valence-electron chi connectivity index (χ4n) is 2.17. The maximum Gasteiger partial charge on any atom is 0.323 e. The summed E-state index contributed by atoms with van der Waals surface area (Å²) in [5.41, 5.74) is 8.17. The van der Waals surface area contributed by atoms with Crippen LogP contribution in [0, 0.1) is 0 Å². The van der Waals surface area contributed by atoms with Gasteiger partial charge in [0.15, 0.2) is 0 Å². The zero-order valence-electron chi connectivity index (χ0n) is 9.09. The number of hydrogen-bond donors (Lipinski definition) is 4. The molecule has 1 heterocycles. The fourth-order valence-corrected chi connectivity index (χ4v) is 2.62. The molecule has 0 bridgehead atoms. The summed E-state index contributed by atoms with van der Waals surface area (Å²) in [4.78, 5) is 16.7. The van der Waals surface area contributed by atoms with Gasteiger partial charge in [-0.1, -0.05) is 0 Å². The lowest BCUT2D eigenvalue weighted by atomic mass is 9.87. The minimum atomic E-state index is -0.185. The Bertz CT molecular complexity index is 611. The van der Waals surface area contributed by atoms with Gasteiger partial charge in [-0.25, -0.2) is 4.79 Å². The molecule has 6 heteroatoms. The third-order valence-corrected chi connectivity index (χ3v) is 3.79. The van der Waals surface area contributed by atoms with Gasteiger partial charge in [0, 0.05) is 16.6 Å². The van der Waals surface area contributed by atoms with Crippen molar-refractivity contribution in [3.05, 3.63) is 27.1 Å². The summed E-state index contributed by atoms with van der Waals surface area (Å²) in [6.07, 6.45) is 1.99. The first-order valence-electron chi connectivity index (χ1n) is 5.55. The molecule has 0 unspecified atom stereocenters. The first kappa shape index (κ1) is 10.9. The van der Waals surface area contributed by atoms with Crippen molar-refractivity contribution in [2.24, 2.45) is 5.73 Å². The molecule has 0 amide bonds. The lowest BCUT2D eigenvalue weighted by molar-refractivity contribution is 0.373. The van der Waals surface area contributed by atoms with Crippen LogP contribution < -0.4 is 16.7 Å². The van der Waals surface area contributed by atoms with Crippen LogP contribution in [-0.4, -0.2) is 22.1 Å². The number of aromatic amines is 2. The van der Waals surface area contributed by atoms with Crippen molar-refractivity contribution in [3.8, 4) is 0 Å². The molecule has 0 aliphatic heterocycles. The maximum absolute atomic E-state index is 11.2. The van der Waals surface area contributed by atoms with Gasteiger partial charge in [0.05, 0.1) is 16.7 Å².